The van der Waals surface area contributed by atoms with E-state index >= 15 is 0 Å². The molecule has 8 nitrogen and oxygen atoms in total. The molecule has 1 aromatic heterocycles. The lowest BCUT2D eigenvalue weighted by Crippen LogP contribution is -2.13. The summed E-state index contributed by atoms with van der Waals surface area (Å²) < 4.78 is 33.7. The molecule has 0 saturated heterocycles. The molecule has 0 spiro atoms. The van der Waals surface area contributed by atoms with Crippen molar-refractivity contribution < 1.29 is 23.4 Å². The Labute approximate surface area is 252 Å². The molecule has 2 aromatic carbocycles. The number of primary amides is 1. The summed E-state index contributed by atoms with van der Waals surface area (Å²) >= 11 is 0. The number of fused-ring (bicyclic) bond motifs is 1. The third kappa shape index (κ3) is 7.14. The monoisotopic (exact) mass is 595 g/mol. The number of hydrogen-bond acceptors (Lipinski definition) is 7. The van der Waals surface area contributed by atoms with Gasteiger partial charge < -0.3 is 32.8 Å². The molecule has 1 heterocycles. The number of ether oxygens (including phenoxy) is 1. The molecule has 10 heteroatoms. The molecule has 9 N–H and O–H groups in total. The van der Waals surface area contributed by atoms with Gasteiger partial charge in [0.15, 0.2) is 0 Å². The lowest BCUT2D eigenvalue weighted by molar-refractivity contribution is -0.106. The van der Waals surface area contributed by atoms with Crippen molar-refractivity contribution >= 4 is 18.2 Å². The molecule has 2 aliphatic rings. The summed E-state index contributed by atoms with van der Waals surface area (Å²) in [7, 11) is 3.05. The van der Waals surface area contributed by atoms with Crippen molar-refractivity contribution in [1.29, 1.82) is 0 Å². The summed E-state index contributed by atoms with van der Waals surface area (Å²) in [4.78, 5) is 13.7. The van der Waals surface area contributed by atoms with Crippen molar-refractivity contribution in [3.8, 4) is 17.0 Å². The first-order valence-electron chi connectivity index (χ1n) is 14.3. The van der Waals surface area contributed by atoms with Crippen LogP contribution in [0.15, 0.2) is 48.2 Å². The number of allylic oxidation sites excluding steroid dienone is 1. The average molecular weight is 596 g/mol. The van der Waals surface area contributed by atoms with Crippen LogP contribution in [0.2, 0.25) is 0 Å². The van der Waals surface area contributed by atoms with Crippen LogP contribution in [-0.4, -0.2) is 42.9 Å². The number of rotatable bonds is 10. The van der Waals surface area contributed by atoms with Crippen LogP contribution < -0.4 is 27.7 Å². The van der Waals surface area contributed by atoms with E-state index in [1.807, 2.05) is 12.1 Å². The van der Waals surface area contributed by atoms with Crippen LogP contribution >= 0.6 is 0 Å². The Morgan fingerprint density at radius 3 is 2.35 bits per heavy atom. The average Bonchev–Trinajstić information content (AvgIpc) is 3.91. The van der Waals surface area contributed by atoms with E-state index in [1.165, 1.54) is 30.3 Å². The molecule has 232 valence electrons. The van der Waals surface area contributed by atoms with Gasteiger partial charge in [0, 0.05) is 40.5 Å². The zero-order chi connectivity index (χ0) is 31.9. The van der Waals surface area contributed by atoms with Crippen LogP contribution in [-0.2, 0) is 16.6 Å². The number of aromatic nitrogens is 1. The number of anilines is 1. The Morgan fingerprint density at radius 1 is 1.19 bits per heavy atom. The first-order valence-corrected chi connectivity index (χ1v) is 14.3. The van der Waals surface area contributed by atoms with Crippen molar-refractivity contribution in [1.82, 2.24) is 4.98 Å². The molecule has 0 radical (unpaired) electrons. The predicted octanol–water partition coefficient (Wildman–Crippen LogP) is 4.69. The van der Waals surface area contributed by atoms with Gasteiger partial charge in [0.05, 0.1) is 18.5 Å². The van der Waals surface area contributed by atoms with Crippen LogP contribution in [0.4, 0.5) is 14.5 Å². The fraction of sp³-hybridized carbons (Fsp3) is 0.394. The zero-order valence-corrected chi connectivity index (χ0v) is 25.3. The molecule has 3 aromatic rings. The summed E-state index contributed by atoms with van der Waals surface area (Å²) in [6.45, 7) is 4.36. The number of benzene rings is 2. The van der Waals surface area contributed by atoms with Crippen molar-refractivity contribution in [3.05, 3.63) is 81.9 Å². The highest BCUT2D eigenvalue weighted by molar-refractivity contribution is 5.77. The van der Waals surface area contributed by atoms with E-state index in [0.29, 0.717) is 42.7 Å². The maximum absolute atomic E-state index is 14.5. The van der Waals surface area contributed by atoms with Crippen LogP contribution in [0.3, 0.4) is 0 Å². The Kier molecular flexibility index (Phi) is 10.9. The third-order valence-electron chi connectivity index (χ3n) is 8.30. The van der Waals surface area contributed by atoms with Crippen molar-refractivity contribution in [2.45, 2.75) is 63.0 Å². The number of aliphatic hydroxyl groups excluding tert-OH is 1. The smallest absolute Gasteiger partial charge is 0.204 e. The molecule has 1 fully saturated rings. The highest BCUT2D eigenvalue weighted by Gasteiger charge is 2.48. The quantitative estimate of drug-likeness (QED) is 0.168. The first-order chi connectivity index (χ1) is 20.5. The second kappa shape index (κ2) is 14.0. The lowest BCUT2D eigenvalue weighted by atomic mass is 9.91. The van der Waals surface area contributed by atoms with Gasteiger partial charge in [-0.3, -0.25) is 9.78 Å². The molecule has 2 atom stereocenters. The predicted molar refractivity (Wildman–Crippen MR) is 168 cm³/mol. The fourth-order valence-corrected chi connectivity index (χ4v) is 5.42. The van der Waals surface area contributed by atoms with Gasteiger partial charge >= 0.3 is 0 Å². The van der Waals surface area contributed by atoms with Gasteiger partial charge in [0.1, 0.15) is 17.2 Å². The topological polar surface area (TPSA) is 164 Å². The summed E-state index contributed by atoms with van der Waals surface area (Å²) in [5.74, 6) is 0.113. The van der Waals surface area contributed by atoms with E-state index in [9.17, 15) is 13.9 Å². The van der Waals surface area contributed by atoms with E-state index in [2.05, 4.69) is 31.4 Å². The molecule has 1 saturated carbocycles. The van der Waals surface area contributed by atoms with E-state index in [4.69, 9.17) is 26.0 Å². The molecule has 0 bridgehead atoms. The number of alkyl halides is 1. The first kappa shape index (κ1) is 33.5. The second-order valence-corrected chi connectivity index (χ2v) is 10.9. The maximum atomic E-state index is 14.5. The second-order valence-electron chi connectivity index (χ2n) is 10.9. The van der Waals surface area contributed by atoms with E-state index in [-0.39, 0.29) is 35.9 Å². The Morgan fingerprint density at radius 2 is 1.81 bits per heavy atom. The van der Waals surface area contributed by atoms with Gasteiger partial charge in [-0.05, 0) is 104 Å². The Balaban J connectivity index is 0.000000953. The van der Waals surface area contributed by atoms with Gasteiger partial charge in [-0.15, -0.1) is 0 Å². The number of pyridine rings is 1. The van der Waals surface area contributed by atoms with Crippen LogP contribution in [0.5, 0.6) is 5.75 Å². The van der Waals surface area contributed by atoms with Crippen molar-refractivity contribution in [3.63, 3.8) is 0 Å². The number of halogens is 2. The standard InChI is InChI=1S/C31H35F2N3O2.CH3NO.CH5N/c1-4-30(2)23-17-24(36-29(27(23)30)19-5-7-22(32)8-6-19)20(9-12-37)13-18-14-21(28(35)25(15-18)38-3)16-26(34)31(33)10-11-31;2-1-3;1-2/h5-8,14-17,20,37H,4,9-13,34-35H2,1-3H3;1H,(H2,2,3);2H2,1H3/b26-16-;;. The Hall–Kier alpha value is -4.02. The van der Waals surface area contributed by atoms with E-state index in [0.717, 1.165) is 28.9 Å². The van der Waals surface area contributed by atoms with Gasteiger partial charge in [0.2, 0.25) is 6.41 Å². The highest BCUT2D eigenvalue weighted by Crippen LogP contribution is 2.56. The molecule has 0 aliphatic heterocycles. The molecule has 1 amide bonds. The molecule has 5 rings (SSSR count). The SMILES string of the molecule is CCC1(C)c2cc(C(CCO)Cc3cc(/C=C(\N)C4(F)CC4)c(N)c(OC)c3)nc(-c3ccc(F)cc3)c21.CN.NC=O. The molecule has 2 aliphatic carbocycles. The van der Waals surface area contributed by atoms with Crippen molar-refractivity contribution in [2.75, 3.05) is 26.5 Å². The maximum Gasteiger partial charge on any atom is 0.204 e. The van der Waals surface area contributed by atoms with Crippen LogP contribution in [0, 0.1) is 5.82 Å². The number of carbonyl (C=O) groups excluding carboxylic acids is 1. The van der Waals surface area contributed by atoms with Crippen LogP contribution in [0.25, 0.3) is 17.3 Å². The fourth-order valence-electron chi connectivity index (χ4n) is 5.42. The minimum atomic E-state index is -1.45. The summed E-state index contributed by atoms with van der Waals surface area (Å²) in [6.07, 6.45) is 4.70. The number of nitrogen functional groups attached to an aromatic ring is 1. The molecule has 2 unspecified atom stereocenters. The summed E-state index contributed by atoms with van der Waals surface area (Å²) in [5.41, 5.74) is 26.7. The van der Waals surface area contributed by atoms with E-state index in [1.54, 1.807) is 25.3 Å². The largest absolute Gasteiger partial charge is 0.495 e. The molecule has 43 heavy (non-hydrogen) atoms. The minimum Gasteiger partial charge on any atom is -0.495 e. The van der Waals surface area contributed by atoms with Gasteiger partial charge in [-0.2, -0.15) is 0 Å². The molecular formula is C33H43F2N5O3. The van der Waals surface area contributed by atoms with Gasteiger partial charge in [-0.1, -0.05) is 13.8 Å². The number of methoxy groups -OCH3 is 1. The highest BCUT2D eigenvalue weighted by atomic mass is 19.1. The number of hydrogen-bond donors (Lipinski definition) is 5. The van der Waals surface area contributed by atoms with E-state index < -0.39 is 5.67 Å². The van der Waals surface area contributed by atoms with Gasteiger partial charge in [0.25, 0.3) is 0 Å². The lowest BCUT2D eigenvalue weighted by Gasteiger charge is -2.19. The summed E-state index contributed by atoms with van der Waals surface area (Å²) in [6, 6.07) is 12.4. The number of nitrogens with zero attached hydrogens (tertiary/aromatic N) is 1. The molecular weight excluding hydrogens is 552 g/mol. The number of amides is 1. The van der Waals surface area contributed by atoms with Crippen molar-refractivity contribution in [2.24, 2.45) is 17.2 Å². The minimum absolute atomic E-state index is 0.00343. The van der Waals surface area contributed by atoms with Gasteiger partial charge in [-0.25, -0.2) is 8.78 Å². The number of carbonyl (C=O) groups is 1. The zero-order valence-electron chi connectivity index (χ0n) is 25.3. The Bertz CT molecular complexity index is 1460. The number of aliphatic hydroxyl groups is 1. The summed E-state index contributed by atoms with van der Waals surface area (Å²) in [5, 5.41) is 9.96. The normalized spacial score (nSPS) is 18.2. The number of nitrogens with two attached hydrogens (primary N) is 4. The van der Waals surface area contributed by atoms with Crippen LogP contribution in [0.1, 0.15) is 73.4 Å². The third-order valence-corrected chi connectivity index (χ3v) is 8.30.